The molecule has 0 radical (unpaired) electrons. The highest BCUT2D eigenvalue weighted by atomic mass is 35.5. The van der Waals surface area contributed by atoms with E-state index in [1.165, 1.54) is 0 Å². The van der Waals surface area contributed by atoms with Crippen LogP contribution in [0, 0.1) is 0 Å². The fraction of sp³-hybridized carbons (Fsp3) is 0.429. The predicted molar refractivity (Wildman–Crippen MR) is 80.5 cm³/mol. The van der Waals surface area contributed by atoms with E-state index >= 15 is 0 Å². The van der Waals surface area contributed by atoms with Gasteiger partial charge in [0, 0.05) is 41.7 Å². The van der Waals surface area contributed by atoms with E-state index in [0.29, 0.717) is 28.6 Å². The lowest BCUT2D eigenvalue weighted by Gasteiger charge is -2.30. The number of halogens is 2. The molecule has 1 aliphatic carbocycles. The van der Waals surface area contributed by atoms with E-state index in [9.17, 15) is 9.59 Å². The Balaban J connectivity index is 1.98. The van der Waals surface area contributed by atoms with Crippen molar-refractivity contribution in [3.63, 3.8) is 0 Å². The van der Waals surface area contributed by atoms with E-state index in [-0.39, 0.29) is 17.9 Å². The molecule has 6 heteroatoms. The van der Waals surface area contributed by atoms with Gasteiger partial charge in [0.05, 0.1) is 0 Å². The van der Waals surface area contributed by atoms with Crippen LogP contribution >= 0.6 is 23.2 Å². The van der Waals surface area contributed by atoms with Gasteiger partial charge in [0.25, 0.3) is 0 Å². The van der Waals surface area contributed by atoms with E-state index in [0.717, 1.165) is 12.8 Å². The standard InChI is InChI=1S/C14H16Cl2N2O2/c1-18(12-2-4-13(19)5-3-12)14(20)17-11-7-9(15)6-10(16)8-11/h6-8,12H,2-5H2,1H3,(H,17,20). The molecule has 1 aromatic carbocycles. The number of carbonyl (C=O) groups excluding carboxylic acids is 2. The maximum absolute atomic E-state index is 12.2. The largest absolute Gasteiger partial charge is 0.325 e. The second-order valence-corrected chi connectivity index (χ2v) is 5.84. The zero-order valence-electron chi connectivity index (χ0n) is 11.2. The fourth-order valence-electron chi connectivity index (χ4n) is 2.32. The van der Waals surface area contributed by atoms with Crippen molar-refractivity contribution in [3.8, 4) is 0 Å². The van der Waals surface area contributed by atoms with Gasteiger partial charge in [-0.25, -0.2) is 4.79 Å². The summed E-state index contributed by atoms with van der Waals surface area (Å²) in [5.74, 6) is 0.275. The number of amides is 2. The second kappa shape index (κ2) is 6.46. The molecule has 2 amide bonds. The van der Waals surface area contributed by atoms with Crippen LogP contribution < -0.4 is 5.32 Å². The van der Waals surface area contributed by atoms with Crippen LogP contribution in [0.1, 0.15) is 25.7 Å². The van der Waals surface area contributed by atoms with Crippen molar-refractivity contribution in [1.82, 2.24) is 4.90 Å². The van der Waals surface area contributed by atoms with Gasteiger partial charge in [-0.2, -0.15) is 0 Å². The Labute approximate surface area is 128 Å². The summed E-state index contributed by atoms with van der Waals surface area (Å²) in [5.41, 5.74) is 0.561. The lowest BCUT2D eigenvalue weighted by Crippen LogP contribution is -2.41. The molecule has 0 atom stereocenters. The van der Waals surface area contributed by atoms with Crippen LogP contribution in [-0.4, -0.2) is 29.8 Å². The Hall–Kier alpha value is -1.26. The molecule has 1 N–H and O–H groups in total. The van der Waals surface area contributed by atoms with E-state index in [1.807, 2.05) is 0 Å². The van der Waals surface area contributed by atoms with Gasteiger partial charge in [-0.3, -0.25) is 4.79 Å². The molecule has 0 unspecified atom stereocenters. The van der Waals surface area contributed by atoms with Crippen molar-refractivity contribution in [3.05, 3.63) is 28.2 Å². The highest BCUT2D eigenvalue weighted by molar-refractivity contribution is 6.35. The topological polar surface area (TPSA) is 49.4 Å². The van der Waals surface area contributed by atoms with Crippen molar-refractivity contribution in [2.75, 3.05) is 12.4 Å². The quantitative estimate of drug-likeness (QED) is 0.898. The lowest BCUT2D eigenvalue weighted by atomic mass is 9.93. The van der Waals surface area contributed by atoms with Gasteiger partial charge in [-0.05, 0) is 31.0 Å². The van der Waals surface area contributed by atoms with Crippen LogP contribution in [0.4, 0.5) is 10.5 Å². The molecule has 0 aliphatic heterocycles. The maximum atomic E-state index is 12.2. The third-order valence-corrected chi connectivity index (χ3v) is 3.93. The molecule has 108 valence electrons. The van der Waals surface area contributed by atoms with E-state index in [1.54, 1.807) is 30.1 Å². The Morgan fingerprint density at radius 3 is 2.30 bits per heavy atom. The van der Waals surface area contributed by atoms with E-state index < -0.39 is 0 Å². The molecule has 4 nitrogen and oxygen atoms in total. The normalized spacial score (nSPS) is 16.1. The minimum atomic E-state index is -0.220. The number of nitrogens with one attached hydrogen (secondary N) is 1. The van der Waals surface area contributed by atoms with Gasteiger partial charge in [-0.15, -0.1) is 0 Å². The first kappa shape index (κ1) is 15.1. The average molecular weight is 315 g/mol. The second-order valence-electron chi connectivity index (χ2n) is 4.97. The van der Waals surface area contributed by atoms with Gasteiger partial charge in [0.15, 0.2) is 0 Å². The first-order valence-corrected chi connectivity index (χ1v) is 7.23. The Morgan fingerprint density at radius 1 is 1.20 bits per heavy atom. The lowest BCUT2D eigenvalue weighted by molar-refractivity contribution is -0.121. The van der Waals surface area contributed by atoms with E-state index in [4.69, 9.17) is 23.2 Å². The molecule has 0 saturated heterocycles. The summed E-state index contributed by atoms with van der Waals surface area (Å²) < 4.78 is 0. The molecule has 1 aromatic rings. The summed E-state index contributed by atoms with van der Waals surface area (Å²) >= 11 is 11.8. The first-order valence-electron chi connectivity index (χ1n) is 6.47. The number of ketones is 1. The molecule has 0 heterocycles. The maximum Gasteiger partial charge on any atom is 0.321 e. The molecule has 1 saturated carbocycles. The van der Waals surface area contributed by atoms with Crippen LogP contribution in [0.3, 0.4) is 0 Å². The molecule has 0 bridgehead atoms. The van der Waals surface area contributed by atoms with Crippen LogP contribution in [0.15, 0.2) is 18.2 Å². The molecular weight excluding hydrogens is 299 g/mol. The minimum Gasteiger partial charge on any atom is -0.325 e. The summed E-state index contributed by atoms with van der Waals surface area (Å²) in [4.78, 5) is 25.0. The molecule has 1 aliphatic rings. The number of benzene rings is 1. The number of hydrogen-bond donors (Lipinski definition) is 1. The molecule has 1 fully saturated rings. The number of carbonyl (C=O) groups is 2. The SMILES string of the molecule is CN(C(=O)Nc1cc(Cl)cc(Cl)c1)C1CCC(=O)CC1. The van der Waals surface area contributed by atoms with Crippen molar-refractivity contribution >= 4 is 40.7 Å². The van der Waals surface area contributed by atoms with Crippen molar-refractivity contribution in [2.24, 2.45) is 0 Å². The Bertz CT molecular complexity index is 504. The third-order valence-electron chi connectivity index (χ3n) is 3.49. The van der Waals surface area contributed by atoms with Crippen LogP contribution in [0.25, 0.3) is 0 Å². The van der Waals surface area contributed by atoms with Gasteiger partial charge in [-0.1, -0.05) is 23.2 Å². The number of urea groups is 1. The third kappa shape index (κ3) is 3.87. The minimum absolute atomic E-state index is 0.0994. The molecule has 0 spiro atoms. The summed E-state index contributed by atoms with van der Waals surface area (Å²) in [5, 5.41) is 3.71. The predicted octanol–water partition coefficient (Wildman–Crippen LogP) is 3.97. The number of Topliss-reactive ketones (excluding diaryl/α,β-unsaturated/α-hetero) is 1. The summed E-state index contributed by atoms with van der Waals surface area (Å²) in [6, 6.07) is 4.77. The first-order chi connectivity index (χ1) is 9.45. The van der Waals surface area contributed by atoms with E-state index in [2.05, 4.69) is 5.32 Å². The van der Waals surface area contributed by atoms with Gasteiger partial charge < -0.3 is 10.2 Å². The van der Waals surface area contributed by atoms with Crippen LogP contribution in [0.5, 0.6) is 0 Å². The van der Waals surface area contributed by atoms with Gasteiger partial charge in [0.2, 0.25) is 0 Å². The summed E-state index contributed by atoms with van der Waals surface area (Å²) in [7, 11) is 1.74. The zero-order valence-corrected chi connectivity index (χ0v) is 12.7. The smallest absolute Gasteiger partial charge is 0.321 e. The Morgan fingerprint density at radius 2 is 1.75 bits per heavy atom. The number of nitrogens with zero attached hydrogens (tertiary/aromatic N) is 1. The Kier molecular flexibility index (Phi) is 4.89. The molecule has 20 heavy (non-hydrogen) atoms. The van der Waals surface area contributed by atoms with Crippen molar-refractivity contribution in [1.29, 1.82) is 0 Å². The van der Waals surface area contributed by atoms with Crippen molar-refractivity contribution < 1.29 is 9.59 Å². The summed E-state index contributed by atoms with van der Waals surface area (Å²) in [6.45, 7) is 0. The monoisotopic (exact) mass is 314 g/mol. The van der Waals surface area contributed by atoms with Crippen molar-refractivity contribution in [2.45, 2.75) is 31.7 Å². The zero-order chi connectivity index (χ0) is 14.7. The van der Waals surface area contributed by atoms with Crippen LogP contribution in [-0.2, 0) is 4.79 Å². The summed E-state index contributed by atoms with van der Waals surface area (Å²) in [6.07, 6.45) is 2.54. The number of hydrogen-bond acceptors (Lipinski definition) is 2. The average Bonchev–Trinajstić information content (AvgIpc) is 2.37. The highest BCUT2D eigenvalue weighted by Crippen LogP contribution is 2.24. The molecule has 0 aromatic heterocycles. The number of anilines is 1. The molecular formula is C14H16Cl2N2O2. The number of rotatable bonds is 2. The van der Waals surface area contributed by atoms with Crippen LogP contribution in [0.2, 0.25) is 10.0 Å². The molecule has 2 rings (SSSR count). The van der Waals surface area contributed by atoms with Gasteiger partial charge in [0.1, 0.15) is 5.78 Å². The fourth-order valence-corrected chi connectivity index (χ4v) is 2.84. The van der Waals surface area contributed by atoms with Gasteiger partial charge >= 0.3 is 6.03 Å². The highest BCUT2D eigenvalue weighted by Gasteiger charge is 2.25.